The van der Waals surface area contributed by atoms with Crippen molar-refractivity contribution in [2.24, 2.45) is 16.6 Å². The summed E-state index contributed by atoms with van der Waals surface area (Å²) in [5.41, 5.74) is 6.89. The highest BCUT2D eigenvalue weighted by Crippen LogP contribution is 2.16. The van der Waals surface area contributed by atoms with Crippen molar-refractivity contribution in [2.45, 2.75) is 46.1 Å². The summed E-state index contributed by atoms with van der Waals surface area (Å²) in [5, 5.41) is 6.57. The summed E-state index contributed by atoms with van der Waals surface area (Å²) in [7, 11) is 0. The number of likely N-dealkylation sites (tertiary alicyclic amines) is 1. The van der Waals surface area contributed by atoms with Crippen LogP contribution in [-0.2, 0) is 11.3 Å². The molecule has 28 heavy (non-hydrogen) atoms. The summed E-state index contributed by atoms with van der Waals surface area (Å²) in [4.78, 5) is 18.2. The van der Waals surface area contributed by atoms with Gasteiger partial charge in [0.1, 0.15) is 5.82 Å². The van der Waals surface area contributed by atoms with Crippen LogP contribution in [-0.4, -0.2) is 49.5 Å². The number of aryl methyl sites for hydroxylation is 1. The lowest BCUT2D eigenvalue weighted by molar-refractivity contribution is -0.123. The Hall–Kier alpha value is -2.15. The molecule has 0 unspecified atom stereocenters. The number of guanidine groups is 1. The number of aliphatic imine (C=N–C) groups is 1. The van der Waals surface area contributed by atoms with E-state index in [4.69, 9.17) is 5.73 Å². The molecular formula is C21H34FN5O. The normalized spacial score (nSPS) is 16.2. The van der Waals surface area contributed by atoms with E-state index in [1.54, 1.807) is 19.1 Å². The molecule has 1 aliphatic rings. The highest BCUT2D eigenvalue weighted by atomic mass is 19.1. The van der Waals surface area contributed by atoms with Gasteiger partial charge in [-0.3, -0.25) is 4.79 Å². The number of hydrogen-bond acceptors (Lipinski definition) is 3. The molecule has 0 saturated carbocycles. The van der Waals surface area contributed by atoms with Gasteiger partial charge < -0.3 is 21.3 Å². The zero-order valence-electron chi connectivity index (χ0n) is 17.1. The Kier molecular flexibility index (Phi) is 9.20. The van der Waals surface area contributed by atoms with Crippen LogP contribution >= 0.6 is 0 Å². The van der Waals surface area contributed by atoms with E-state index in [0.717, 1.165) is 69.9 Å². The van der Waals surface area contributed by atoms with Gasteiger partial charge in [0.05, 0.1) is 6.54 Å². The van der Waals surface area contributed by atoms with Crippen molar-refractivity contribution in [2.75, 3.05) is 32.7 Å². The highest BCUT2D eigenvalue weighted by molar-refractivity contribution is 5.79. The number of unbranched alkanes of at least 4 members (excludes halogenated alkanes) is 1. The quantitative estimate of drug-likeness (QED) is 0.342. The van der Waals surface area contributed by atoms with E-state index in [9.17, 15) is 9.18 Å². The Morgan fingerprint density at radius 1 is 1.29 bits per heavy atom. The van der Waals surface area contributed by atoms with Crippen LogP contribution in [0.5, 0.6) is 0 Å². The number of nitrogens with two attached hydrogens (primary N) is 1. The van der Waals surface area contributed by atoms with Gasteiger partial charge >= 0.3 is 0 Å². The van der Waals surface area contributed by atoms with Gasteiger partial charge in [0.25, 0.3) is 0 Å². The maximum absolute atomic E-state index is 13.6. The first kappa shape index (κ1) is 22.1. The number of nitrogens with zero attached hydrogens (tertiary/aromatic N) is 2. The summed E-state index contributed by atoms with van der Waals surface area (Å²) >= 11 is 0. The predicted octanol–water partition coefficient (Wildman–Crippen LogP) is 2.17. The maximum Gasteiger partial charge on any atom is 0.220 e. The number of piperidine rings is 1. The molecule has 1 aromatic carbocycles. The monoisotopic (exact) mass is 391 g/mol. The largest absolute Gasteiger partial charge is 0.369 e. The number of nitrogens with one attached hydrogen (secondary N) is 2. The fraction of sp³-hybridized carbons (Fsp3) is 0.619. The number of hydrogen-bond donors (Lipinski definition) is 3. The lowest BCUT2D eigenvalue weighted by Crippen LogP contribution is -2.39. The predicted molar refractivity (Wildman–Crippen MR) is 112 cm³/mol. The van der Waals surface area contributed by atoms with E-state index >= 15 is 0 Å². The summed E-state index contributed by atoms with van der Waals surface area (Å²) in [6.07, 6.45) is 3.89. The molecule has 0 spiro atoms. The molecule has 1 fully saturated rings. The Bertz CT molecular complexity index is 656. The molecule has 1 heterocycles. The van der Waals surface area contributed by atoms with Crippen molar-refractivity contribution in [1.82, 2.24) is 15.5 Å². The summed E-state index contributed by atoms with van der Waals surface area (Å²) in [6.45, 7) is 8.81. The van der Waals surface area contributed by atoms with Gasteiger partial charge in [0, 0.05) is 19.0 Å². The molecule has 1 saturated heterocycles. The van der Waals surface area contributed by atoms with E-state index < -0.39 is 0 Å². The topological polar surface area (TPSA) is 82.8 Å². The average Bonchev–Trinajstić information content (AvgIpc) is 2.68. The number of carbonyl (C=O) groups excluding carboxylic acids is 1. The van der Waals surface area contributed by atoms with Gasteiger partial charge in [-0.2, -0.15) is 0 Å². The van der Waals surface area contributed by atoms with E-state index in [1.807, 2.05) is 13.0 Å². The Morgan fingerprint density at radius 3 is 2.68 bits per heavy atom. The maximum atomic E-state index is 13.6. The minimum atomic E-state index is -0.189. The minimum Gasteiger partial charge on any atom is -0.369 e. The van der Waals surface area contributed by atoms with Gasteiger partial charge in [0.15, 0.2) is 5.96 Å². The van der Waals surface area contributed by atoms with E-state index in [0.29, 0.717) is 12.1 Å². The van der Waals surface area contributed by atoms with Gasteiger partial charge in [-0.15, -0.1) is 0 Å². The lowest BCUT2D eigenvalue weighted by atomic mass is 9.96. The molecule has 4 N–H and O–H groups in total. The first-order chi connectivity index (χ1) is 13.5. The van der Waals surface area contributed by atoms with Crippen molar-refractivity contribution in [3.63, 3.8) is 0 Å². The molecule has 1 aromatic rings. The second kappa shape index (κ2) is 11.6. The number of primary amides is 1. The standard InChI is InChI=1S/C21H34FN5O/c1-3-24-21(26-15-17-7-6-16(2)19(22)14-17)25-10-4-5-11-27-12-8-18(9-13-27)20(23)28/h6-7,14,18H,3-5,8-13,15H2,1-2H3,(H2,23,28)(H2,24,25,26). The van der Waals surface area contributed by atoms with Crippen LogP contribution in [0, 0.1) is 18.7 Å². The van der Waals surface area contributed by atoms with Crippen molar-refractivity contribution in [3.8, 4) is 0 Å². The molecule has 0 bridgehead atoms. The van der Waals surface area contributed by atoms with Crippen LogP contribution in [0.1, 0.15) is 43.7 Å². The molecule has 156 valence electrons. The number of halogens is 1. The summed E-state index contributed by atoms with van der Waals surface area (Å²) in [6, 6.07) is 5.24. The third kappa shape index (κ3) is 7.46. The van der Waals surface area contributed by atoms with Crippen LogP contribution in [0.15, 0.2) is 23.2 Å². The SMILES string of the molecule is CCNC(=NCc1ccc(C)c(F)c1)NCCCCN1CCC(C(N)=O)CC1. The minimum absolute atomic E-state index is 0.0545. The van der Waals surface area contributed by atoms with Crippen LogP contribution in [0.2, 0.25) is 0 Å². The van der Waals surface area contributed by atoms with Crippen molar-refractivity contribution in [3.05, 3.63) is 35.1 Å². The average molecular weight is 392 g/mol. The molecule has 1 aliphatic heterocycles. The van der Waals surface area contributed by atoms with Crippen LogP contribution in [0.25, 0.3) is 0 Å². The summed E-state index contributed by atoms with van der Waals surface area (Å²) in [5.74, 6) is 0.461. The van der Waals surface area contributed by atoms with Crippen molar-refractivity contribution >= 4 is 11.9 Å². The molecule has 0 radical (unpaired) electrons. The molecule has 0 aliphatic carbocycles. The third-order valence-electron chi connectivity index (χ3n) is 5.18. The van der Waals surface area contributed by atoms with Gasteiger partial charge in [-0.1, -0.05) is 12.1 Å². The second-order valence-corrected chi connectivity index (χ2v) is 7.43. The molecule has 6 nitrogen and oxygen atoms in total. The fourth-order valence-electron chi connectivity index (χ4n) is 3.36. The molecule has 2 rings (SSSR count). The Balaban J connectivity index is 1.67. The zero-order valence-corrected chi connectivity index (χ0v) is 17.1. The Morgan fingerprint density at radius 2 is 2.04 bits per heavy atom. The fourth-order valence-corrected chi connectivity index (χ4v) is 3.36. The first-order valence-corrected chi connectivity index (χ1v) is 10.3. The van der Waals surface area contributed by atoms with Crippen molar-refractivity contribution in [1.29, 1.82) is 0 Å². The van der Waals surface area contributed by atoms with Crippen LogP contribution in [0.3, 0.4) is 0 Å². The van der Waals surface area contributed by atoms with Crippen molar-refractivity contribution < 1.29 is 9.18 Å². The third-order valence-corrected chi connectivity index (χ3v) is 5.18. The van der Waals surface area contributed by atoms with Crippen LogP contribution in [0.4, 0.5) is 4.39 Å². The van der Waals surface area contributed by atoms with Gasteiger partial charge in [-0.25, -0.2) is 9.38 Å². The highest BCUT2D eigenvalue weighted by Gasteiger charge is 2.22. The zero-order chi connectivity index (χ0) is 20.4. The van der Waals surface area contributed by atoms with Gasteiger partial charge in [0.2, 0.25) is 5.91 Å². The van der Waals surface area contributed by atoms with E-state index in [-0.39, 0.29) is 17.6 Å². The molecule has 7 heteroatoms. The number of benzene rings is 1. The smallest absolute Gasteiger partial charge is 0.220 e. The molecule has 0 atom stereocenters. The van der Waals surface area contributed by atoms with Gasteiger partial charge in [-0.05, 0) is 76.4 Å². The molecule has 1 amide bonds. The number of carbonyl (C=O) groups is 1. The second-order valence-electron chi connectivity index (χ2n) is 7.43. The lowest BCUT2D eigenvalue weighted by Gasteiger charge is -2.30. The van der Waals surface area contributed by atoms with E-state index in [1.165, 1.54) is 0 Å². The van der Waals surface area contributed by atoms with Crippen LogP contribution < -0.4 is 16.4 Å². The molecule has 0 aromatic heterocycles. The number of rotatable bonds is 9. The first-order valence-electron chi connectivity index (χ1n) is 10.3. The Labute approximate surface area is 167 Å². The number of amides is 1. The van der Waals surface area contributed by atoms with E-state index in [2.05, 4.69) is 20.5 Å². The molecular weight excluding hydrogens is 357 g/mol. The summed E-state index contributed by atoms with van der Waals surface area (Å²) < 4.78 is 13.6.